The van der Waals surface area contributed by atoms with Crippen molar-refractivity contribution in [2.75, 3.05) is 26.4 Å². The van der Waals surface area contributed by atoms with E-state index in [1.165, 1.54) is 24.3 Å². The Morgan fingerprint density at radius 2 is 1.86 bits per heavy atom. The van der Waals surface area contributed by atoms with E-state index in [9.17, 15) is 18.0 Å². The third-order valence-corrected chi connectivity index (χ3v) is 8.56. The number of rotatable bonds is 8. The second-order valence-electron chi connectivity index (χ2n) is 10.5. The van der Waals surface area contributed by atoms with Gasteiger partial charge in [0.2, 0.25) is 0 Å². The minimum Gasteiger partial charge on any atom is -0.462 e. The van der Waals surface area contributed by atoms with Gasteiger partial charge < -0.3 is 14.8 Å². The van der Waals surface area contributed by atoms with Crippen LogP contribution in [0.3, 0.4) is 0 Å². The molecule has 204 valence electrons. The SMILES string of the molecule is CCn1nc(CC(C)(C)COC(=O)c2ccc(S(=O)(=O)C(C)C)cc2)c2c1C(=O)NCCCOCCC2. The lowest BCUT2D eigenvalue weighted by molar-refractivity contribution is 0.0339. The number of fused-ring (bicyclic) bond motifs is 1. The van der Waals surface area contributed by atoms with Crippen molar-refractivity contribution < 1.29 is 27.5 Å². The van der Waals surface area contributed by atoms with Crippen molar-refractivity contribution in [3.63, 3.8) is 0 Å². The predicted molar refractivity (Wildman–Crippen MR) is 141 cm³/mol. The molecule has 1 aliphatic rings. The highest BCUT2D eigenvalue weighted by molar-refractivity contribution is 7.92. The van der Waals surface area contributed by atoms with E-state index >= 15 is 0 Å². The molecule has 3 rings (SSSR count). The Balaban J connectivity index is 1.73. The first-order valence-electron chi connectivity index (χ1n) is 12.9. The molecule has 1 N–H and O–H groups in total. The molecule has 1 aromatic carbocycles. The van der Waals surface area contributed by atoms with Crippen LogP contribution in [0, 0.1) is 5.41 Å². The molecule has 10 heteroatoms. The molecule has 1 aromatic heterocycles. The summed E-state index contributed by atoms with van der Waals surface area (Å²) in [6.07, 6.45) is 2.76. The molecule has 0 aliphatic carbocycles. The molecule has 9 nitrogen and oxygen atoms in total. The molecule has 2 heterocycles. The first-order chi connectivity index (χ1) is 17.5. The van der Waals surface area contributed by atoms with Gasteiger partial charge in [0.15, 0.2) is 9.84 Å². The van der Waals surface area contributed by atoms with E-state index < -0.39 is 26.5 Å². The van der Waals surface area contributed by atoms with Gasteiger partial charge >= 0.3 is 5.97 Å². The number of aromatic nitrogens is 2. The van der Waals surface area contributed by atoms with Crippen LogP contribution in [0.4, 0.5) is 0 Å². The van der Waals surface area contributed by atoms with Crippen molar-refractivity contribution in [1.82, 2.24) is 15.1 Å². The summed E-state index contributed by atoms with van der Waals surface area (Å²) in [7, 11) is -3.41. The van der Waals surface area contributed by atoms with Crippen LogP contribution >= 0.6 is 0 Å². The zero-order valence-corrected chi connectivity index (χ0v) is 23.3. The minimum atomic E-state index is -3.41. The van der Waals surface area contributed by atoms with Gasteiger partial charge in [-0.05, 0) is 64.3 Å². The van der Waals surface area contributed by atoms with Crippen LogP contribution in [0.1, 0.15) is 79.6 Å². The Morgan fingerprint density at radius 3 is 2.51 bits per heavy atom. The molecule has 0 atom stereocenters. The predicted octanol–water partition coefficient (Wildman–Crippen LogP) is 3.59. The average Bonchev–Trinajstić information content (AvgIpc) is 3.18. The third kappa shape index (κ3) is 7.19. The summed E-state index contributed by atoms with van der Waals surface area (Å²) in [6.45, 7) is 11.7. The topological polar surface area (TPSA) is 117 Å². The van der Waals surface area contributed by atoms with Gasteiger partial charge in [0.05, 0.1) is 28.0 Å². The normalized spacial score (nSPS) is 15.6. The van der Waals surface area contributed by atoms with Gasteiger partial charge in [-0.15, -0.1) is 0 Å². The van der Waals surface area contributed by atoms with Gasteiger partial charge in [-0.2, -0.15) is 5.10 Å². The third-order valence-electron chi connectivity index (χ3n) is 6.39. The standard InChI is InChI=1S/C27H39N3O6S/c1-6-30-24-22(9-7-15-35-16-8-14-28-25(24)31)23(29-30)17-27(4,5)18-36-26(32)20-10-12-21(13-11-20)37(33,34)19(2)3/h10-13,19H,6-9,14-18H2,1-5H3,(H,28,31). The van der Waals surface area contributed by atoms with Crippen LogP contribution in [0.15, 0.2) is 29.2 Å². The maximum atomic E-state index is 13.0. The van der Waals surface area contributed by atoms with E-state index in [1.807, 2.05) is 20.8 Å². The van der Waals surface area contributed by atoms with E-state index in [0.717, 1.165) is 24.1 Å². The molecule has 0 bridgehead atoms. The van der Waals surface area contributed by atoms with Gasteiger partial charge in [-0.1, -0.05) is 13.8 Å². The molecule has 0 saturated carbocycles. The first-order valence-corrected chi connectivity index (χ1v) is 14.5. The number of benzene rings is 1. The fourth-order valence-electron chi connectivity index (χ4n) is 4.25. The number of sulfone groups is 1. The highest BCUT2D eigenvalue weighted by atomic mass is 32.2. The molecule has 0 spiro atoms. The summed E-state index contributed by atoms with van der Waals surface area (Å²) in [5, 5.41) is 7.20. The van der Waals surface area contributed by atoms with Crippen molar-refractivity contribution in [3.05, 3.63) is 46.8 Å². The Bertz CT molecular complexity index is 1200. The monoisotopic (exact) mass is 533 g/mol. The van der Waals surface area contributed by atoms with Gasteiger partial charge in [-0.25, -0.2) is 13.2 Å². The number of amides is 1. The molecule has 37 heavy (non-hydrogen) atoms. The number of hydrogen-bond donors (Lipinski definition) is 1. The summed E-state index contributed by atoms with van der Waals surface area (Å²) in [5.74, 6) is -0.638. The fraction of sp³-hybridized carbons (Fsp3) is 0.593. The van der Waals surface area contributed by atoms with Crippen LogP contribution in [0.5, 0.6) is 0 Å². The van der Waals surface area contributed by atoms with Crippen LogP contribution in [-0.2, 0) is 38.7 Å². The summed E-state index contributed by atoms with van der Waals surface area (Å²) in [5.41, 5.74) is 2.19. The number of esters is 1. The van der Waals surface area contributed by atoms with E-state index in [0.29, 0.717) is 50.4 Å². The van der Waals surface area contributed by atoms with Crippen molar-refractivity contribution in [2.45, 2.75) is 77.0 Å². The van der Waals surface area contributed by atoms with Gasteiger partial charge in [0.1, 0.15) is 5.69 Å². The van der Waals surface area contributed by atoms with Gasteiger partial charge in [-0.3, -0.25) is 9.48 Å². The van der Waals surface area contributed by atoms with Gasteiger partial charge in [0.25, 0.3) is 5.91 Å². The number of nitrogens with zero attached hydrogens (tertiary/aromatic N) is 2. The largest absolute Gasteiger partial charge is 0.462 e. The zero-order chi connectivity index (χ0) is 27.2. The average molecular weight is 534 g/mol. The van der Waals surface area contributed by atoms with E-state index in [-0.39, 0.29) is 17.4 Å². The Hall–Kier alpha value is -2.72. The number of carbonyl (C=O) groups excluding carboxylic acids is 2. The molecular formula is C27H39N3O6S. The quantitative estimate of drug-likeness (QED) is 0.516. The molecule has 0 fully saturated rings. The fourth-order valence-corrected chi connectivity index (χ4v) is 5.31. The van der Waals surface area contributed by atoms with Crippen molar-refractivity contribution in [2.24, 2.45) is 5.41 Å². The summed E-state index contributed by atoms with van der Waals surface area (Å²) >= 11 is 0. The maximum Gasteiger partial charge on any atom is 0.338 e. The van der Waals surface area contributed by atoms with Crippen molar-refractivity contribution in [1.29, 1.82) is 0 Å². The molecule has 1 aliphatic heterocycles. The molecule has 2 aromatic rings. The number of aryl methyl sites for hydroxylation is 1. The molecule has 0 saturated heterocycles. The first kappa shape index (κ1) is 28.8. The van der Waals surface area contributed by atoms with Crippen LogP contribution < -0.4 is 5.32 Å². The minimum absolute atomic E-state index is 0.121. The van der Waals surface area contributed by atoms with Crippen LogP contribution in [0.25, 0.3) is 0 Å². The van der Waals surface area contributed by atoms with Crippen molar-refractivity contribution >= 4 is 21.7 Å². The van der Waals surface area contributed by atoms with E-state index in [2.05, 4.69) is 5.32 Å². The maximum absolute atomic E-state index is 13.0. The van der Waals surface area contributed by atoms with E-state index in [4.69, 9.17) is 14.6 Å². The number of hydrogen-bond acceptors (Lipinski definition) is 7. The number of nitrogens with one attached hydrogen (secondary N) is 1. The van der Waals surface area contributed by atoms with Gasteiger partial charge in [0, 0.05) is 43.7 Å². The summed E-state index contributed by atoms with van der Waals surface area (Å²) < 4.78 is 37.7. The molecule has 0 unspecified atom stereocenters. The van der Waals surface area contributed by atoms with Crippen molar-refractivity contribution in [3.8, 4) is 0 Å². The van der Waals surface area contributed by atoms with Crippen LogP contribution in [-0.4, -0.2) is 61.7 Å². The molecule has 0 radical (unpaired) electrons. The second-order valence-corrected chi connectivity index (χ2v) is 13.0. The second kappa shape index (κ2) is 12.2. The lowest BCUT2D eigenvalue weighted by Gasteiger charge is -2.24. The van der Waals surface area contributed by atoms with E-state index in [1.54, 1.807) is 18.5 Å². The Morgan fingerprint density at radius 1 is 1.19 bits per heavy atom. The summed E-state index contributed by atoms with van der Waals surface area (Å²) in [6, 6.07) is 5.83. The van der Waals surface area contributed by atoms with Crippen LogP contribution in [0.2, 0.25) is 0 Å². The zero-order valence-electron chi connectivity index (χ0n) is 22.5. The lowest BCUT2D eigenvalue weighted by Crippen LogP contribution is -2.28. The molecule has 1 amide bonds. The number of ether oxygens (including phenoxy) is 2. The Labute approximate surface area is 219 Å². The highest BCUT2D eigenvalue weighted by Gasteiger charge is 2.29. The smallest absolute Gasteiger partial charge is 0.338 e. The summed E-state index contributed by atoms with van der Waals surface area (Å²) in [4.78, 5) is 25.8. The molecular weight excluding hydrogens is 494 g/mol. The highest BCUT2D eigenvalue weighted by Crippen LogP contribution is 2.27. The number of carbonyl (C=O) groups is 2. The Kier molecular flexibility index (Phi) is 9.52. The lowest BCUT2D eigenvalue weighted by atomic mass is 9.86.